The molecule has 0 aliphatic carbocycles. The van der Waals surface area contributed by atoms with Crippen LogP contribution >= 0.6 is 15.9 Å². The molecule has 0 saturated carbocycles. The van der Waals surface area contributed by atoms with Gasteiger partial charge in [0.15, 0.2) is 0 Å². The second-order valence-corrected chi connectivity index (χ2v) is 5.06. The molecule has 4 nitrogen and oxygen atoms in total. The fraction of sp³-hybridized carbons (Fsp3) is 0.333. The van der Waals surface area contributed by atoms with Gasteiger partial charge in [-0.25, -0.2) is 4.98 Å². The van der Waals surface area contributed by atoms with E-state index in [4.69, 9.17) is 5.73 Å². The Balaban J connectivity index is 2.36. The van der Waals surface area contributed by atoms with Crippen LogP contribution in [0, 0.1) is 0 Å². The first-order valence-electron chi connectivity index (χ1n) is 5.51. The molecule has 0 radical (unpaired) electrons. The predicted molar refractivity (Wildman–Crippen MR) is 71.8 cm³/mol. The van der Waals surface area contributed by atoms with Gasteiger partial charge in [0.2, 0.25) is 0 Å². The van der Waals surface area contributed by atoms with E-state index in [0.717, 1.165) is 22.2 Å². The highest BCUT2D eigenvalue weighted by molar-refractivity contribution is 9.10. The van der Waals surface area contributed by atoms with E-state index in [9.17, 15) is 0 Å². The average Bonchev–Trinajstić information content (AvgIpc) is 2.64. The normalized spacial score (nSPS) is 11.1. The highest BCUT2D eigenvalue weighted by Crippen LogP contribution is 2.23. The van der Waals surface area contributed by atoms with Gasteiger partial charge >= 0.3 is 0 Å². The first kappa shape index (κ1) is 12.1. The number of hydrogen-bond donors (Lipinski definition) is 1. The number of anilines is 1. The third-order valence-electron chi connectivity index (χ3n) is 2.62. The van der Waals surface area contributed by atoms with Gasteiger partial charge in [0.25, 0.3) is 0 Å². The van der Waals surface area contributed by atoms with Crippen LogP contribution in [-0.2, 0) is 6.42 Å². The molecular weight excluding hydrogens is 280 g/mol. The van der Waals surface area contributed by atoms with Crippen molar-refractivity contribution in [2.24, 2.45) is 0 Å². The molecule has 17 heavy (non-hydrogen) atoms. The van der Waals surface area contributed by atoms with Crippen molar-refractivity contribution < 1.29 is 0 Å². The highest BCUT2D eigenvalue weighted by atomic mass is 79.9. The molecule has 0 bridgehead atoms. The monoisotopic (exact) mass is 294 g/mol. The summed E-state index contributed by atoms with van der Waals surface area (Å²) in [5.41, 5.74) is 8.01. The summed E-state index contributed by atoms with van der Waals surface area (Å²) in [6.07, 6.45) is 4.26. The molecule has 2 aromatic heterocycles. The Kier molecular flexibility index (Phi) is 3.47. The fourth-order valence-corrected chi connectivity index (χ4v) is 2.17. The van der Waals surface area contributed by atoms with E-state index in [-0.39, 0.29) is 0 Å². The van der Waals surface area contributed by atoms with Gasteiger partial charge in [0.1, 0.15) is 5.82 Å². The number of hydrogen-bond acceptors (Lipinski definition) is 3. The molecule has 0 spiro atoms. The summed E-state index contributed by atoms with van der Waals surface area (Å²) in [4.78, 5) is 4.10. The van der Waals surface area contributed by atoms with Crippen LogP contribution in [0.4, 0.5) is 5.82 Å². The van der Waals surface area contributed by atoms with Gasteiger partial charge in [0.05, 0.1) is 16.4 Å². The molecule has 0 saturated heterocycles. The van der Waals surface area contributed by atoms with Crippen molar-refractivity contribution in [2.75, 3.05) is 5.73 Å². The maximum atomic E-state index is 5.86. The second-order valence-electron chi connectivity index (χ2n) is 4.20. The van der Waals surface area contributed by atoms with Crippen molar-refractivity contribution in [1.82, 2.24) is 14.8 Å². The minimum atomic E-state index is 0.328. The summed E-state index contributed by atoms with van der Waals surface area (Å²) in [6.45, 7) is 4.21. The van der Waals surface area contributed by atoms with E-state index in [0.29, 0.717) is 11.9 Å². The Bertz CT molecular complexity index is 519. The summed E-state index contributed by atoms with van der Waals surface area (Å²) >= 11 is 3.52. The molecular formula is C12H15BrN4. The van der Waals surface area contributed by atoms with Crippen molar-refractivity contribution in [2.45, 2.75) is 26.3 Å². The van der Waals surface area contributed by atoms with Crippen LogP contribution in [0.1, 0.15) is 31.1 Å². The molecule has 0 atom stereocenters. The molecule has 0 aliphatic rings. The number of nitrogen functional groups attached to an aromatic ring is 1. The van der Waals surface area contributed by atoms with Gasteiger partial charge in [0, 0.05) is 24.2 Å². The van der Waals surface area contributed by atoms with Crippen LogP contribution in [0.2, 0.25) is 0 Å². The third kappa shape index (κ3) is 2.49. The molecule has 0 aromatic carbocycles. The Hall–Kier alpha value is -1.36. The van der Waals surface area contributed by atoms with Crippen LogP contribution < -0.4 is 5.73 Å². The molecule has 0 fully saturated rings. The van der Waals surface area contributed by atoms with Crippen molar-refractivity contribution in [1.29, 1.82) is 0 Å². The number of rotatable bonds is 3. The molecule has 5 heteroatoms. The maximum absolute atomic E-state index is 5.86. The Morgan fingerprint density at radius 2 is 2.24 bits per heavy atom. The molecule has 0 unspecified atom stereocenters. The van der Waals surface area contributed by atoms with Crippen LogP contribution in [0.25, 0.3) is 0 Å². The number of nitrogens with zero attached hydrogens (tertiary/aromatic N) is 3. The smallest absolute Gasteiger partial charge is 0.126 e. The lowest BCUT2D eigenvalue weighted by Gasteiger charge is -2.12. The second kappa shape index (κ2) is 4.87. The maximum Gasteiger partial charge on any atom is 0.126 e. The van der Waals surface area contributed by atoms with Gasteiger partial charge in [-0.15, -0.1) is 0 Å². The quantitative estimate of drug-likeness (QED) is 0.947. The van der Waals surface area contributed by atoms with Crippen molar-refractivity contribution in [3.05, 3.63) is 40.3 Å². The molecule has 2 N–H and O–H groups in total. The Labute approximate surface area is 109 Å². The lowest BCUT2D eigenvalue weighted by atomic mass is 10.1. The van der Waals surface area contributed by atoms with Crippen molar-refractivity contribution in [3.8, 4) is 0 Å². The summed E-state index contributed by atoms with van der Waals surface area (Å²) in [6, 6.07) is 4.22. The van der Waals surface area contributed by atoms with E-state index in [1.165, 1.54) is 0 Å². The largest absolute Gasteiger partial charge is 0.383 e. The van der Waals surface area contributed by atoms with Gasteiger partial charge in [-0.1, -0.05) is 6.07 Å². The van der Waals surface area contributed by atoms with Crippen LogP contribution in [0.5, 0.6) is 0 Å². The van der Waals surface area contributed by atoms with Gasteiger partial charge in [-0.3, -0.25) is 4.68 Å². The predicted octanol–water partition coefficient (Wildman–Crippen LogP) is 2.79. The third-order valence-corrected chi connectivity index (χ3v) is 3.28. The molecule has 0 aliphatic heterocycles. The first-order valence-corrected chi connectivity index (χ1v) is 6.30. The van der Waals surface area contributed by atoms with E-state index in [1.54, 1.807) is 6.20 Å². The van der Waals surface area contributed by atoms with Crippen LogP contribution in [0.3, 0.4) is 0 Å². The summed E-state index contributed by atoms with van der Waals surface area (Å²) in [5, 5.41) is 4.35. The van der Waals surface area contributed by atoms with E-state index in [1.807, 2.05) is 23.0 Å². The van der Waals surface area contributed by atoms with Crippen molar-refractivity contribution in [3.63, 3.8) is 0 Å². The number of halogens is 1. The SMILES string of the molecule is CC(C)n1ncc(Br)c1Cc1cccnc1N. The van der Waals surface area contributed by atoms with E-state index < -0.39 is 0 Å². The van der Waals surface area contributed by atoms with Gasteiger partial charge in [-0.05, 0) is 35.8 Å². The van der Waals surface area contributed by atoms with E-state index >= 15 is 0 Å². The fourth-order valence-electron chi connectivity index (χ4n) is 1.76. The minimum absolute atomic E-state index is 0.328. The van der Waals surface area contributed by atoms with Gasteiger partial charge < -0.3 is 5.73 Å². The molecule has 90 valence electrons. The van der Waals surface area contributed by atoms with Crippen LogP contribution in [0.15, 0.2) is 29.0 Å². The lowest BCUT2D eigenvalue weighted by molar-refractivity contribution is 0.513. The number of nitrogens with two attached hydrogens (primary N) is 1. The average molecular weight is 295 g/mol. The zero-order valence-corrected chi connectivity index (χ0v) is 11.5. The Morgan fingerprint density at radius 3 is 2.88 bits per heavy atom. The minimum Gasteiger partial charge on any atom is -0.383 e. The zero-order valence-electron chi connectivity index (χ0n) is 9.89. The number of aromatic nitrogens is 3. The van der Waals surface area contributed by atoms with Gasteiger partial charge in [-0.2, -0.15) is 5.10 Å². The lowest BCUT2D eigenvalue weighted by Crippen LogP contribution is -2.09. The number of pyridine rings is 1. The van der Waals surface area contributed by atoms with E-state index in [2.05, 4.69) is 39.9 Å². The summed E-state index contributed by atoms with van der Waals surface area (Å²) < 4.78 is 3.01. The first-order chi connectivity index (χ1) is 8.09. The van der Waals surface area contributed by atoms with Crippen LogP contribution in [-0.4, -0.2) is 14.8 Å². The standard InChI is InChI=1S/C12H15BrN4/c1-8(2)17-11(10(13)7-16-17)6-9-4-3-5-15-12(9)14/h3-5,7-8H,6H2,1-2H3,(H2,14,15). The molecule has 2 rings (SSSR count). The molecule has 2 heterocycles. The molecule has 2 aromatic rings. The molecule has 0 amide bonds. The van der Waals surface area contributed by atoms with Crippen molar-refractivity contribution >= 4 is 21.7 Å². The highest BCUT2D eigenvalue weighted by Gasteiger charge is 2.13. The summed E-state index contributed by atoms with van der Waals surface area (Å²) in [5.74, 6) is 0.580. The topological polar surface area (TPSA) is 56.7 Å². The Morgan fingerprint density at radius 1 is 1.47 bits per heavy atom. The zero-order chi connectivity index (χ0) is 12.4. The summed E-state index contributed by atoms with van der Waals surface area (Å²) in [7, 11) is 0.